The summed E-state index contributed by atoms with van der Waals surface area (Å²) < 4.78 is 13.8. The first-order valence-electron chi connectivity index (χ1n) is 11.3. The normalized spacial score (nSPS) is 18.4. The van der Waals surface area contributed by atoms with Crippen LogP contribution in [0.3, 0.4) is 0 Å². The molecule has 1 atom stereocenters. The van der Waals surface area contributed by atoms with E-state index in [2.05, 4.69) is 57.3 Å². The van der Waals surface area contributed by atoms with E-state index in [9.17, 15) is 4.39 Å². The molecule has 1 unspecified atom stereocenters. The number of allylic oxidation sites excluding steroid dienone is 8. The highest BCUT2D eigenvalue weighted by molar-refractivity contribution is 6.30. The first-order valence-corrected chi connectivity index (χ1v) is 11.6. The van der Waals surface area contributed by atoms with Gasteiger partial charge in [-0.15, -0.1) is 0 Å². The molecule has 168 valence electrons. The average Bonchev–Trinajstić information content (AvgIpc) is 2.73. The Morgan fingerprint density at radius 1 is 1.32 bits per heavy atom. The summed E-state index contributed by atoms with van der Waals surface area (Å²) in [5, 5.41) is 3.25. The zero-order chi connectivity index (χ0) is 22.8. The van der Waals surface area contributed by atoms with Crippen LogP contribution in [0, 0.1) is 11.7 Å². The second-order valence-electron chi connectivity index (χ2n) is 8.43. The summed E-state index contributed by atoms with van der Waals surface area (Å²) in [5.41, 5.74) is 6.72. The summed E-state index contributed by atoms with van der Waals surface area (Å²) in [6.07, 6.45) is 14.2. The lowest BCUT2D eigenvalue weighted by molar-refractivity contribution is 0.557. The fourth-order valence-electron chi connectivity index (χ4n) is 3.68. The molecule has 0 amide bonds. The van der Waals surface area contributed by atoms with E-state index in [1.807, 2.05) is 7.05 Å². The summed E-state index contributed by atoms with van der Waals surface area (Å²) in [7, 11) is 1.91. The van der Waals surface area contributed by atoms with Crippen LogP contribution in [0.15, 0.2) is 64.2 Å². The first kappa shape index (κ1) is 25.3. The Hall–Kier alpha value is -1.97. The minimum absolute atomic E-state index is 0.148. The molecule has 0 saturated carbocycles. The Labute approximate surface area is 192 Å². The van der Waals surface area contributed by atoms with E-state index in [0.29, 0.717) is 12.6 Å². The Morgan fingerprint density at radius 3 is 2.77 bits per heavy atom. The molecule has 1 aliphatic rings. The van der Waals surface area contributed by atoms with E-state index in [1.54, 1.807) is 12.1 Å². The van der Waals surface area contributed by atoms with Gasteiger partial charge in [0.05, 0.1) is 11.7 Å². The molecule has 2 rings (SSSR count). The Morgan fingerprint density at radius 2 is 2.10 bits per heavy atom. The van der Waals surface area contributed by atoms with Crippen LogP contribution in [0.4, 0.5) is 4.39 Å². The van der Waals surface area contributed by atoms with Gasteiger partial charge in [-0.3, -0.25) is 4.99 Å². The second-order valence-corrected chi connectivity index (χ2v) is 8.84. The number of benzene rings is 1. The standard InChI is InChI=1S/C27H36ClFN2/c1-6-19(2)14-20(3)15-25(21(4)22-12-13-27(29)26(28)17-22)23-10-8-7-9-11-24(16-23)31-18-30-5/h8,10,12-13,15-17,19,30H,6-7,9,11,14,18H2,1-5H3/b10-8?,20-15-,23-16?,25-21-,31-24?. The van der Waals surface area contributed by atoms with Crippen molar-refractivity contribution in [1.82, 2.24) is 5.32 Å². The molecule has 1 aliphatic carbocycles. The fraction of sp³-hybridized carbons (Fsp3) is 0.444. The van der Waals surface area contributed by atoms with Crippen LogP contribution in [0.25, 0.3) is 5.57 Å². The van der Waals surface area contributed by atoms with E-state index < -0.39 is 5.82 Å². The minimum atomic E-state index is -0.394. The van der Waals surface area contributed by atoms with Crippen molar-refractivity contribution in [2.45, 2.75) is 59.8 Å². The maximum absolute atomic E-state index is 13.8. The lowest BCUT2D eigenvalue weighted by atomic mass is 9.89. The van der Waals surface area contributed by atoms with Gasteiger partial charge in [-0.2, -0.15) is 0 Å². The molecule has 1 aromatic carbocycles. The number of hydrogen-bond acceptors (Lipinski definition) is 2. The van der Waals surface area contributed by atoms with Gasteiger partial charge in [0.2, 0.25) is 0 Å². The third kappa shape index (κ3) is 7.90. The van der Waals surface area contributed by atoms with Crippen LogP contribution in [0.2, 0.25) is 5.02 Å². The molecule has 0 heterocycles. The first-order chi connectivity index (χ1) is 14.8. The van der Waals surface area contributed by atoms with E-state index >= 15 is 0 Å². The van der Waals surface area contributed by atoms with Gasteiger partial charge in [0.1, 0.15) is 5.82 Å². The van der Waals surface area contributed by atoms with Gasteiger partial charge in [0.25, 0.3) is 0 Å². The third-order valence-electron chi connectivity index (χ3n) is 5.69. The molecule has 0 bridgehead atoms. The van der Waals surface area contributed by atoms with Crippen molar-refractivity contribution in [3.63, 3.8) is 0 Å². The lowest BCUT2D eigenvalue weighted by Gasteiger charge is -2.16. The van der Waals surface area contributed by atoms with Gasteiger partial charge in [0, 0.05) is 5.71 Å². The van der Waals surface area contributed by atoms with Gasteiger partial charge in [-0.1, -0.05) is 61.7 Å². The predicted octanol–water partition coefficient (Wildman–Crippen LogP) is 7.92. The van der Waals surface area contributed by atoms with Gasteiger partial charge in [-0.05, 0) is 93.0 Å². The van der Waals surface area contributed by atoms with Gasteiger partial charge in [-0.25, -0.2) is 4.39 Å². The lowest BCUT2D eigenvalue weighted by Crippen LogP contribution is -2.09. The van der Waals surface area contributed by atoms with Gasteiger partial charge >= 0.3 is 0 Å². The molecule has 0 saturated heterocycles. The van der Waals surface area contributed by atoms with Crippen molar-refractivity contribution < 1.29 is 4.39 Å². The van der Waals surface area contributed by atoms with Gasteiger partial charge < -0.3 is 5.32 Å². The second kappa shape index (κ2) is 12.8. The molecule has 31 heavy (non-hydrogen) atoms. The monoisotopic (exact) mass is 442 g/mol. The maximum atomic E-state index is 13.8. The van der Waals surface area contributed by atoms with Crippen LogP contribution in [0.1, 0.15) is 65.4 Å². The Bertz CT molecular complexity index is 906. The zero-order valence-electron chi connectivity index (χ0n) is 19.6. The number of halogens is 2. The van der Waals surface area contributed by atoms with Crippen LogP contribution >= 0.6 is 11.6 Å². The smallest absolute Gasteiger partial charge is 0.141 e. The van der Waals surface area contributed by atoms with Crippen molar-refractivity contribution in [1.29, 1.82) is 0 Å². The highest BCUT2D eigenvalue weighted by atomic mass is 35.5. The van der Waals surface area contributed by atoms with Crippen LogP contribution < -0.4 is 5.32 Å². The molecule has 2 nitrogen and oxygen atoms in total. The molecule has 4 heteroatoms. The average molecular weight is 443 g/mol. The van der Waals surface area contributed by atoms with Crippen molar-refractivity contribution in [2.75, 3.05) is 13.7 Å². The molecule has 0 aliphatic heterocycles. The molecule has 0 radical (unpaired) electrons. The van der Waals surface area contributed by atoms with E-state index in [0.717, 1.165) is 60.1 Å². The van der Waals surface area contributed by atoms with E-state index in [-0.39, 0.29) is 5.02 Å². The minimum Gasteiger partial charge on any atom is -0.301 e. The largest absolute Gasteiger partial charge is 0.301 e. The number of aliphatic imine (C=N–C) groups is 1. The summed E-state index contributed by atoms with van der Waals surface area (Å²) in [6.45, 7) is 9.40. The SMILES string of the molecule is CCC(C)C/C(C)=C\C(C1=CC(=NCNC)CCCC=C1)=C(/C)c1ccc(F)c(Cl)c1. The predicted molar refractivity (Wildman–Crippen MR) is 134 cm³/mol. The molecule has 1 aromatic rings. The van der Waals surface area contributed by atoms with E-state index in [4.69, 9.17) is 16.6 Å². The molecular weight excluding hydrogens is 407 g/mol. The highest BCUT2D eigenvalue weighted by Gasteiger charge is 2.12. The van der Waals surface area contributed by atoms with E-state index in [1.165, 1.54) is 11.6 Å². The number of nitrogens with zero attached hydrogens (tertiary/aromatic N) is 1. The summed E-state index contributed by atoms with van der Waals surface area (Å²) in [6, 6.07) is 4.96. The third-order valence-corrected chi connectivity index (χ3v) is 5.98. The topological polar surface area (TPSA) is 24.4 Å². The Balaban J connectivity index is 2.64. The van der Waals surface area contributed by atoms with Gasteiger partial charge in [0.15, 0.2) is 0 Å². The van der Waals surface area contributed by atoms with Crippen molar-refractivity contribution >= 4 is 22.9 Å². The number of rotatable bonds is 8. The zero-order valence-corrected chi connectivity index (χ0v) is 20.3. The van der Waals surface area contributed by atoms with Crippen LogP contribution in [-0.4, -0.2) is 19.4 Å². The van der Waals surface area contributed by atoms with Crippen molar-refractivity contribution in [2.24, 2.45) is 10.9 Å². The van der Waals surface area contributed by atoms with Crippen molar-refractivity contribution in [3.05, 3.63) is 75.6 Å². The summed E-state index contributed by atoms with van der Waals surface area (Å²) in [4.78, 5) is 4.72. The fourth-order valence-corrected chi connectivity index (χ4v) is 3.86. The van der Waals surface area contributed by atoms with Crippen molar-refractivity contribution in [3.8, 4) is 0 Å². The number of hydrogen-bond donors (Lipinski definition) is 1. The molecule has 0 fully saturated rings. The molecule has 0 aromatic heterocycles. The van der Waals surface area contributed by atoms with Crippen LogP contribution in [0.5, 0.6) is 0 Å². The molecule has 0 spiro atoms. The summed E-state index contributed by atoms with van der Waals surface area (Å²) in [5.74, 6) is 0.238. The molecule has 1 N–H and O–H groups in total. The van der Waals surface area contributed by atoms with Crippen LogP contribution in [-0.2, 0) is 0 Å². The maximum Gasteiger partial charge on any atom is 0.141 e. The molecular formula is C27H36ClFN2. The summed E-state index contributed by atoms with van der Waals surface area (Å²) >= 11 is 6.10. The Kier molecular flexibility index (Phi) is 10.4. The number of nitrogens with one attached hydrogen (secondary N) is 1. The highest BCUT2D eigenvalue weighted by Crippen LogP contribution is 2.31. The quantitative estimate of drug-likeness (QED) is 0.406.